The summed E-state index contributed by atoms with van der Waals surface area (Å²) < 4.78 is 32.2. The van der Waals surface area contributed by atoms with Crippen molar-refractivity contribution >= 4 is 21.9 Å². The van der Waals surface area contributed by atoms with Crippen LogP contribution in [-0.2, 0) is 21.4 Å². The summed E-state index contributed by atoms with van der Waals surface area (Å²) in [6, 6.07) is 8.75. The van der Waals surface area contributed by atoms with Crippen molar-refractivity contribution in [1.82, 2.24) is 9.62 Å². The zero-order chi connectivity index (χ0) is 19.7. The van der Waals surface area contributed by atoms with Crippen molar-refractivity contribution in [1.29, 1.82) is 0 Å². The van der Waals surface area contributed by atoms with Crippen LogP contribution >= 0.6 is 0 Å². The van der Waals surface area contributed by atoms with Crippen LogP contribution in [0.5, 0.6) is 0 Å². The van der Waals surface area contributed by atoms with Crippen LogP contribution in [-0.4, -0.2) is 42.4 Å². The molecule has 1 saturated heterocycles. The number of nitrogens with one attached hydrogen (secondary N) is 1. The number of rotatable bonds is 6. The molecule has 0 radical (unpaired) electrons. The molecule has 2 aromatic rings. The lowest BCUT2D eigenvalue weighted by Gasteiger charge is -2.31. The lowest BCUT2D eigenvalue weighted by molar-refractivity contribution is -0.147. The van der Waals surface area contributed by atoms with Crippen molar-refractivity contribution in [2.75, 3.05) is 6.54 Å². The molecule has 0 bridgehead atoms. The highest BCUT2D eigenvalue weighted by Gasteiger charge is 2.46. The third-order valence-electron chi connectivity index (χ3n) is 4.78. The van der Waals surface area contributed by atoms with Crippen molar-refractivity contribution < 1.29 is 27.5 Å². The number of carboxylic acids is 1. The molecule has 2 N–H and O–H groups in total. The van der Waals surface area contributed by atoms with Gasteiger partial charge in [-0.05, 0) is 56.2 Å². The van der Waals surface area contributed by atoms with Gasteiger partial charge in [0.05, 0.1) is 17.7 Å². The molecule has 1 fully saturated rings. The Hall–Kier alpha value is -2.65. The van der Waals surface area contributed by atoms with Gasteiger partial charge in [-0.15, -0.1) is 0 Å². The van der Waals surface area contributed by atoms with E-state index in [1.54, 1.807) is 12.1 Å². The van der Waals surface area contributed by atoms with Crippen LogP contribution in [0.4, 0.5) is 0 Å². The van der Waals surface area contributed by atoms with Gasteiger partial charge in [-0.25, -0.2) is 17.9 Å². The maximum absolute atomic E-state index is 12.7. The summed E-state index contributed by atoms with van der Waals surface area (Å²) in [4.78, 5) is 25.6. The SMILES string of the molecule is CC1(C(=O)O)CCCN1C(=O)c1ccc(S(=O)(=O)NCc2ccco2)cc1. The van der Waals surface area contributed by atoms with Gasteiger partial charge in [-0.3, -0.25) is 4.79 Å². The van der Waals surface area contributed by atoms with Crippen LogP contribution in [0.15, 0.2) is 52.0 Å². The number of nitrogens with zero attached hydrogens (tertiary/aromatic N) is 1. The fraction of sp³-hybridized carbons (Fsp3) is 0.333. The first-order valence-electron chi connectivity index (χ1n) is 8.41. The first-order valence-corrected chi connectivity index (χ1v) is 9.90. The van der Waals surface area contributed by atoms with E-state index < -0.39 is 27.4 Å². The van der Waals surface area contributed by atoms with Crippen molar-refractivity contribution in [3.05, 3.63) is 54.0 Å². The number of amides is 1. The van der Waals surface area contributed by atoms with Crippen LogP contribution in [0, 0.1) is 0 Å². The Kier molecular flexibility index (Phi) is 5.07. The Bertz CT molecular complexity index is 937. The first kappa shape index (κ1) is 19.1. The Labute approximate surface area is 156 Å². The second-order valence-electron chi connectivity index (χ2n) is 6.57. The number of carbonyl (C=O) groups excluding carboxylic acids is 1. The quantitative estimate of drug-likeness (QED) is 0.775. The summed E-state index contributed by atoms with van der Waals surface area (Å²) >= 11 is 0. The Balaban J connectivity index is 1.75. The van der Waals surface area contributed by atoms with E-state index in [-0.39, 0.29) is 17.0 Å². The van der Waals surface area contributed by atoms with Gasteiger partial charge in [0.2, 0.25) is 10.0 Å². The monoisotopic (exact) mass is 392 g/mol. The molecule has 1 aliphatic heterocycles. The number of likely N-dealkylation sites (tertiary alicyclic amines) is 1. The highest BCUT2D eigenvalue weighted by molar-refractivity contribution is 7.89. The normalized spacial score (nSPS) is 20.0. The summed E-state index contributed by atoms with van der Waals surface area (Å²) in [5.41, 5.74) is -0.999. The second kappa shape index (κ2) is 7.16. The Morgan fingerprint density at radius 1 is 1.26 bits per heavy atom. The van der Waals surface area contributed by atoms with E-state index >= 15 is 0 Å². The lowest BCUT2D eigenvalue weighted by Crippen LogP contribution is -2.50. The van der Waals surface area contributed by atoms with Gasteiger partial charge in [0.25, 0.3) is 5.91 Å². The highest BCUT2D eigenvalue weighted by Crippen LogP contribution is 2.31. The van der Waals surface area contributed by atoms with Crippen LogP contribution in [0.3, 0.4) is 0 Å². The van der Waals surface area contributed by atoms with Crippen LogP contribution in [0.1, 0.15) is 35.9 Å². The summed E-state index contributed by atoms with van der Waals surface area (Å²) in [6.45, 7) is 1.89. The van der Waals surface area contributed by atoms with Crippen molar-refractivity contribution in [2.45, 2.75) is 36.7 Å². The van der Waals surface area contributed by atoms with Crippen LogP contribution in [0.2, 0.25) is 0 Å². The van der Waals surface area contributed by atoms with E-state index in [1.165, 1.54) is 42.4 Å². The van der Waals surface area contributed by atoms with Gasteiger partial charge in [-0.2, -0.15) is 0 Å². The fourth-order valence-corrected chi connectivity index (χ4v) is 4.10. The topological polar surface area (TPSA) is 117 Å². The molecule has 0 saturated carbocycles. The van der Waals surface area contributed by atoms with E-state index in [0.29, 0.717) is 25.1 Å². The summed E-state index contributed by atoms with van der Waals surface area (Å²) in [7, 11) is -3.76. The maximum Gasteiger partial charge on any atom is 0.329 e. The predicted molar refractivity (Wildman–Crippen MR) is 95.5 cm³/mol. The molecule has 1 amide bonds. The van der Waals surface area contributed by atoms with E-state index in [2.05, 4.69) is 4.72 Å². The van der Waals surface area contributed by atoms with Gasteiger partial charge in [-0.1, -0.05) is 0 Å². The number of benzene rings is 1. The smallest absolute Gasteiger partial charge is 0.329 e. The number of hydrogen-bond acceptors (Lipinski definition) is 5. The lowest BCUT2D eigenvalue weighted by atomic mass is 9.98. The number of furan rings is 1. The maximum atomic E-state index is 12.7. The van der Waals surface area contributed by atoms with E-state index in [1.807, 2.05) is 0 Å². The summed E-state index contributed by atoms with van der Waals surface area (Å²) in [6.07, 6.45) is 2.45. The number of hydrogen-bond donors (Lipinski definition) is 2. The minimum absolute atomic E-state index is 0.00743. The molecule has 2 heterocycles. The van der Waals surface area contributed by atoms with Gasteiger partial charge in [0.1, 0.15) is 11.3 Å². The second-order valence-corrected chi connectivity index (χ2v) is 8.33. The van der Waals surface area contributed by atoms with Crippen molar-refractivity contribution in [3.63, 3.8) is 0 Å². The van der Waals surface area contributed by atoms with E-state index in [0.717, 1.165) is 0 Å². The van der Waals surface area contributed by atoms with Crippen molar-refractivity contribution in [2.24, 2.45) is 0 Å². The Morgan fingerprint density at radius 3 is 2.56 bits per heavy atom. The average molecular weight is 392 g/mol. The highest BCUT2D eigenvalue weighted by atomic mass is 32.2. The molecule has 1 unspecified atom stereocenters. The molecule has 1 aromatic heterocycles. The molecule has 0 aliphatic carbocycles. The van der Waals surface area contributed by atoms with Crippen LogP contribution in [0.25, 0.3) is 0 Å². The number of sulfonamides is 1. The first-order chi connectivity index (χ1) is 12.7. The molecule has 27 heavy (non-hydrogen) atoms. The Morgan fingerprint density at radius 2 is 1.96 bits per heavy atom. The van der Waals surface area contributed by atoms with Gasteiger partial charge < -0.3 is 14.4 Å². The molecule has 1 atom stereocenters. The van der Waals surface area contributed by atoms with E-state index in [9.17, 15) is 23.1 Å². The van der Waals surface area contributed by atoms with Crippen LogP contribution < -0.4 is 4.72 Å². The zero-order valence-electron chi connectivity index (χ0n) is 14.7. The molecule has 1 aliphatic rings. The number of carboxylic acid groups (broad SMARTS) is 1. The van der Waals surface area contributed by atoms with E-state index in [4.69, 9.17) is 4.42 Å². The van der Waals surface area contributed by atoms with Crippen molar-refractivity contribution in [3.8, 4) is 0 Å². The number of aliphatic carboxylic acids is 1. The largest absolute Gasteiger partial charge is 0.480 e. The minimum atomic E-state index is -3.76. The molecule has 144 valence electrons. The molecule has 1 aromatic carbocycles. The van der Waals surface area contributed by atoms with Gasteiger partial charge in [0.15, 0.2) is 0 Å². The molecule has 9 heteroatoms. The average Bonchev–Trinajstić information content (AvgIpc) is 3.30. The number of carbonyl (C=O) groups is 2. The predicted octanol–water partition coefficient (Wildman–Crippen LogP) is 1.84. The van der Waals surface area contributed by atoms with Gasteiger partial charge in [0, 0.05) is 12.1 Å². The molecular weight excluding hydrogens is 372 g/mol. The third kappa shape index (κ3) is 3.74. The zero-order valence-corrected chi connectivity index (χ0v) is 15.5. The molecule has 3 rings (SSSR count). The molecule has 8 nitrogen and oxygen atoms in total. The van der Waals surface area contributed by atoms with Gasteiger partial charge >= 0.3 is 5.97 Å². The summed E-state index contributed by atoms with van der Waals surface area (Å²) in [5, 5.41) is 9.44. The summed E-state index contributed by atoms with van der Waals surface area (Å²) in [5.74, 6) is -0.994. The minimum Gasteiger partial charge on any atom is -0.480 e. The fourth-order valence-electron chi connectivity index (χ4n) is 3.11. The molecule has 0 spiro atoms. The standard InChI is InChI=1S/C18H20N2O6S/c1-18(17(22)23)9-3-10-20(18)16(21)13-5-7-15(8-6-13)27(24,25)19-12-14-4-2-11-26-14/h2,4-8,11,19H,3,9-10,12H2,1H3,(H,22,23). The molecular formula is C18H20N2O6S. The third-order valence-corrected chi connectivity index (χ3v) is 6.19.